The van der Waals surface area contributed by atoms with E-state index in [1.54, 1.807) is 42.0 Å². The molecule has 0 unspecified atom stereocenters. The van der Waals surface area contributed by atoms with Crippen molar-refractivity contribution in [3.63, 3.8) is 0 Å². The van der Waals surface area contributed by atoms with Gasteiger partial charge in [-0.05, 0) is 36.2 Å². The van der Waals surface area contributed by atoms with E-state index >= 15 is 0 Å². The summed E-state index contributed by atoms with van der Waals surface area (Å²) < 4.78 is 6.88. The first-order valence-electron chi connectivity index (χ1n) is 9.14. The number of rotatable bonds is 7. The third-order valence-corrected chi connectivity index (χ3v) is 5.35. The van der Waals surface area contributed by atoms with Gasteiger partial charge in [0.1, 0.15) is 5.75 Å². The number of thioether (sulfide) groups is 1. The van der Waals surface area contributed by atoms with Crippen LogP contribution < -0.4 is 15.6 Å². The number of aromatic nitrogens is 2. The van der Waals surface area contributed by atoms with Crippen molar-refractivity contribution in [1.82, 2.24) is 9.55 Å². The summed E-state index contributed by atoms with van der Waals surface area (Å²) in [5, 5.41) is 4.35. The fourth-order valence-electron chi connectivity index (χ4n) is 2.87. The van der Waals surface area contributed by atoms with Gasteiger partial charge in [-0.1, -0.05) is 49.3 Å². The summed E-state index contributed by atoms with van der Waals surface area (Å²) in [6.45, 7) is 4.57. The van der Waals surface area contributed by atoms with Crippen LogP contribution >= 0.6 is 23.4 Å². The number of amides is 1. The molecule has 1 N–H and O–H groups in total. The van der Waals surface area contributed by atoms with Crippen LogP contribution in [0, 0.1) is 5.92 Å². The Balaban J connectivity index is 1.86. The number of ether oxygens (including phenoxy) is 1. The minimum atomic E-state index is -0.212. The highest BCUT2D eigenvalue weighted by atomic mass is 35.5. The van der Waals surface area contributed by atoms with Gasteiger partial charge < -0.3 is 10.1 Å². The van der Waals surface area contributed by atoms with E-state index in [1.807, 2.05) is 26.0 Å². The summed E-state index contributed by atoms with van der Waals surface area (Å²) in [5.41, 5.74) is 0.988. The van der Waals surface area contributed by atoms with Crippen LogP contribution in [-0.4, -0.2) is 28.3 Å². The number of anilines is 1. The Kier molecular flexibility index (Phi) is 6.82. The molecule has 6 nitrogen and oxygen atoms in total. The number of hydrogen-bond donors (Lipinski definition) is 1. The molecule has 8 heteroatoms. The number of hydrogen-bond acceptors (Lipinski definition) is 5. The first-order valence-corrected chi connectivity index (χ1v) is 10.5. The van der Waals surface area contributed by atoms with Crippen LogP contribution in [0.1, 0.15) is 13.8 Å². The molecule has 3 aromatic rings. The molecule has 0 saturated heterocycles. The van der Waals surface area contributed by atoms with Crippen molar-refractivity contribution in [2.24, 2.45) is 5.92 Å². The van der Waals surface area contributed by atoms with Crippen molar-refractivity contribution in [3.8, 4) is 5.75 Å². The van der Waals surface area contributed by atoms with Gasteiger partial charge in [0, 0.05) is 11.6 Å². The average molecular weight is 432 g/mol. The summed E-state index contributed by atoms with van der Waals surface area (Å²) in [4.78, 5) is 30.0. The van der Waals surface area contributed by atoms with Gasteiger partial charge in [0.15, 0.2) is 5.16 Å². The lowest BCUT2D eigenvalue weighted by molar-refractivity contribution is -0.113. The summed E-state index contributed by atoms with van der Waals surface area (Å²) in [6.07, 6.45) is 0. The molecule has 1 aromatic heterocycles. The molecule has 1 heterocycles. The van der Waals surface area contributed by atoms with E-state index in [4.69, 9.17) is 16.3 Å². The minimum absolute atomic E-state index is 0.106. The van der Waals surface area contributed by atoms with Crippen molar-refractivity contribution in [1.29, 1.82) is 0 Å². The van der Waals surface area contributed by atoms with Crippen molar-refractivity contribution >= 4 is 45.9 Å². The SMILES string of the molecule is COc1ccccc1NC(=O)CSc1nc2cc(Cl)ccc2c(=O)n1CC(C)C. The molecule has 0 aliphatic carbocycles. The molecule has 0 aliphatic heterocycles. The molecular formula is C21H22ClN3O3S. The normalized spacial score (nSPS) is 11.1. The number of carbonyl (C=O) groups is 1. The van der Waals surface area contributed by atoms with Gasteiger partial charge in [0.2, 0.25) is 5.91 Å². The van der Waals surface area contributed by atoms with Crippen molar-refractivity contribution in [2.45, 2.75) is 25.5 Å². The van der Waals surface area contributed by atoms with E-state index < -0.39 is 0 Å². The Morgan fingerprint density at radius 3 is 2.76 bits per heavy atom. The molecule has 152 valence electrons. The van der Waals surface area contributed by atoms with Crippen LogP contribution in [0.4, 0.5) is 5.69 Å². The maximum Gasteiger partial charge on any atom is 0.262 e. The highest BCUT2D eigenvalue weighted by Crippen LogP contribution is 2.25. The lowest BCUT2D eigenvalue weighted by Gasteiger charge is -2.15. The smallest absolute Gasteiger partial charge is 0.262 e. The van der Waals surface area contributed by atoms with E-state index in [9.17, 15) is 9.59 Å². The highest BCUT2D eigenvalue weighted by molar-refractivity contribution is 7.99. The van der Waals surface area contributed by atoms with Crippen molar-refractivity contribution < 1.29 is 9.53 Å². The Morgan fingerprint density at radius 1 is 1.28 bits per heavy atom. The number of benzene rings is 2. The van der Waals surface area contributed by atoms with E-state index in [2.05, 4.69) is 10.3 Å². The second-order valence-electron chi connectivity index (χ2n) is 6.90. The molecule has 1 amide bonds. The molecule has 0 fully saturated rings. The molecular weight excluding hydrogens is 410 g/mol. The zero-order valence-corrected chi connectivity index (χ0v) is 18.0. The molecule has 29 heavy (non-hydrogen) atoms. The summed E-state index contributed by atoms with van der Waals surface area (Å²) in [7, 11) is 1.55. The van der Waals surface area contributed by atoms with Gasteiger partial charge in [0.25, 0.3) is 5.56 Å². The molecule has 0 radical (unpaired) electrons. The average Bonchev–Trinajstić information content (AvgIpc) is 2.68. The Labute approximate surface area is 178 Å². The topological polar surface area (TPSA) is 73.2 Å². The lowest BCUT2D eigenvalue weighted by Crippen LogP contribution is -2.26. The zero-order chi connectivity index (χ0) is 21.0. The predicted molar refractivity (Wildman–Crippen MR) is 118 cm³/mol. The number of nitrogens with one attached hydrogen (secondary N) is 1. The van der Waals surface area contributed by atoms with Gasteiger partial charge in [-0.25, -0.2) is 4.98 Å². The monoisotopic (exact) mass is 431 g/mol. The van der Waals surface area contributed by atoms with E-state index in [1.165, 1.54) is 11.8 Å². The molecule has 0 saturated carbocycles. The Bertz CT molecular complexity index is 1100. The fraction of sp³-hybridized carbons (Fsp3) is 0.286. The van der Waals surface area contributed by atoms with Gasteiger partial charge in [0.05, 0.1) is 29.5 Å². The molecule has 0 atom stereocenters. The lowest BCUT2D eigenvalue weighted by atomic mass is 10.2. The second-order valence-corrected chi connectivity index (χ2v) is 8.28. The van der Waals surface area contributed by atoms with Crippen LogP contribution in [0.15, 0.2) is 52.4 Å². The van der Waals surface area contributed by atoms with Crippen LogP contribution in [-0.2, 0) is 11.3 Å². The maximum atomic E-state index is 13.0. The van der Waals surface area contributed by atoms with Crippen LogP contribution in [0.5, 0.6) is 5.75 Å². The summed E-state index contributed by atoms with van der Waals surface area (Å²) in [6, 6.07) is 12.2. The number of fused-ring (bicyclic) bond motifs is 1. The van der Waals surface area contributed by atoms with E-state index in [-0.39, 0.29) is 23.1 Å². The maximum absolute atomic E-state index is 13.0. The number of halogens is 1. The summed E-state index contributed by atoms with van der Waals surface area (Å²) in [5.74, 6) is 0.729. The van der Waals surface area contributed by atoms with Crippen LogP contribution in [0.2, 0.25) is 5.02 Å². The largest absolute Gasteiger partial charge is 0.495 e. The molecule has 0 bridgehead atoms. The molecule has 0 spiro atoms. The van der Waals surface area contributed by atoms with Crippen LogP contribution in [0.25, 0.3) is 10.9 Å². The Hall–Kier alpha value is -2.51. The number of para-hydroxylation sites is 2. The Morgan fingerprint density at radius 2 is 2.03 bits per heavy atom. The number of nitrogens with zero attached hydrogens (tertiary/aromatic N) is 2. The number of methoxy groups -OCH3 is 1. The molecule has 2 aromatic carbocycles. The van der Waals surface area contributed by atoms with Crippen molar-refractivity contribution in [3.05, 3.63) is 57.8 Å². The van der Waals surface area contributed by atoms with E-state index in [0.29, 0.717) is 39.1 Å². The van der Waals surface area contributed by atoms with Crippen LogP contribution in [0.3, 0.4) is 0 Å². The van der Waals surface area contributed by atoms with Gasteiger partial charge in [-0.2, -0.15) is 0 Å². The highest BCUT2D eigenvalue weighted by Gasteiger charge is 2.15. The van der Waals surface area contributed by atoms with Gasteiger partial charge in [-0.3, -0.25) is 14.2 Å². The molecule has 3 rings (SSSR count). The van der Waals surface area contributed by atoms with Gasteiger partial charge in [-0.15, -0.1) is 0 Å². The quantitative estimate of drug-likeness (QED) is 0.442. The first-order chi connectivity index (χ1) is 13.9. The zero-order valence-electron chi connectivity index (χ0n) is 16.4. The fourth-order valence-corrected chi connectivity index (χ4v) is 3.85. The number of carbonyl (C=O) groups excluding carboxylic acids is 1. The standard InChI is InChI=1S/C21H22ClN3O3S/c1-13(2)11-25-20(27)15-9-8-14(22)10-17(15)24-21(25)29-12-19(26)23-16-6-4-5-7-18(16)28-3/h4-10,13H,11-12H2,1-3H3,(H,23,26). The van der Waals surface area contributed by atoms with Crippen molar-refractivity contribution in [2.75, 3.05) is 18.2 Å². The predicted octanol–water partition coefficient (Wildman–Crippen LogP) is 4.45. The van der Waals surface area contributed by atoms with Gasteiger partial charge >= 0.3 is 0 Å². The third kappa shape index (κ3) is 5.10. The second kappa shape index (κ2) is 9.33. The first kappa shape index (κ1) is 21.2. The van der Waals surface area contributed by atoms with E-state index in [0.717, 1.165) is 0 Å². The summed E-state index contributed by atoms with van der Waals surface area (Å²) >= 11 is 7.28. The minimum Gasteiger partial charge on any atom is -0.495 e. The molecule has 0 aliphatic rings. The third-order valence-electron chi connectivity index (χ3n) is 4.14.